The normalized spacial score (nSPS) is 15.1. The van der Waals surface area contributed by atoms with Crippen molar-refractivity contribution in [1.82, 2.24) is 0 Å². The second-order valence-corrected chi connectivity index (χ2v) is 7.14. The lowest BCUT2D eigenvalue weighted by molar-refractivity contribution is 0.412. The van der Waals surface area contributed by atoms with E-state index in [1.165, 1.54) is 6.26 Å². The van der Waals surface area contributed by atoms with Gasteiger partial charge >= 0.3 is 0 Å². The van der Waals surface area contributed by atoms with Crippen molar-refractivity contribution in [2.75, 3.05) is 19.1 Å². The molecular weight excluding hydrogens is 250 g/mol. The zero-order valence-electron chi connectivity index (χ0n) is 11.1. The Bertz CT molecular complexity index is 477. The van der Waals surface area contributed by atoms with Crippen LogP contribution in [-0.4, -0.2) is 27.5 Å². The van der Waals surface area contributed by atoms with Crippen LogP contribution in [0, 0.1) is 0 Å². The van der Waals surface area contributed by atoms with Crippen molar-refractivity contribution in [2.24, 2.45) is 5.73 Å². The third kappa shape index (κ3) is 4.66. The number of benzene rings is 1. The van der Waals surface area contributed by atoms with E-state index >= 15 is 0 Å². The highest BCUT2D eigenvalue weighted by atomic mass is 32.2. The van der Waals surface area contributed by atoms with E-state index in [1.807, 2.05) is 31.2 Å². The monoisotopic (exact) mass is 271 g/mol. The Kier molecular flexibility index (Phi) is 4.76. The lowest BCUT2D eigenvalue weighted by Crippen LogP contribution is -2.33. The van der Waals surface area contributed by atoms with E-state index in [2.05, 4.69) is 0 Å². The lowest BCUT2D eigenvalue weighted by atomic mass is 9.89. The molecule has 0 spiro atoms. The van der Waals surface area contributed by atoms with Crippen molar-refractivity contribution in [3.63, 3.8) is 0 Å². The van der Waals surface area contributed by atoms with Gasteiger partial charge in [-0.25, -0.2) is 8.42 Å². The molecule has 102 valence electrons. The summed E-state index contributed by atoms with van der Waals surface area (Å²) in [6.45, 7) is 1.91. The van der Waals surface area contributed by atoms with Crippen molar-refractivity contribution in [2.45, 2.75) is 25.3 Å². The number of nitrogens with two attached hydrogens (primary N) is 1. The zero-order valence-corrected chi connectivity index (χ0v) is 12.0. The van der Waals surface area contributed by atoms with Crippen molar-refractivity contribution >= 4 is 9.84 Å². The van der Waals surface area contributed by atoms with E-state index in [-0.39, 0.29) is 5.75 Å². The van der Waals surface area contributed by atoms with Gasteiger partial charge < -0.3 is 10.5 Å². The van der Waals surface area contributed by atoms with Crippen LogP contribution >= 0.6 is 0 Å². The number of sulfone groups is 1. The molecule has 5 heteroatoms. The molecule has 0 aliphatic rings. The minimum Gasteiger partial charge on any atom is -0.497 e. The van der Waals surface area contributed by atoms with E-state index in [9.17, 15) is 8.42 Å². The Morgan fingerprint density at radius 1 is 1.28 bits per heavy atom. The molecule has 1 unspecified atom stereocenters. The summed E-state index contributed by atoms with van der Waals surface area (Å²) in [6, 6.07) is 7.55. The molecule has 0 aromatic heterocycles. The van der Waals surface area contributed by atoms with Crippen molar-refractivity contribution in [1.29, 1.82) is 0 Å². The van der Waals surface area contributed by atoms with E-state index in [0.717, 1.165) is 11.3 Å². The molecule has 0 fully saturated rings. The molecule has 4 nitrogen and oxygen atoms in total. The standard InChI is InChI=1S/C13H21NO3S/c1-13(14,9-4-10-18(3,15)16)11-5-7-12(17-2)8-6-11/h5-8H,4,9-10,14H2,1-3H3. The van der Waals surface area contributed by atoms with Crippen molar-refractivity contribution < 1.29 is 13.2 Å². The second kappa shape index (κ2) is 5.71. The van der Waals surface area contributed by atoms with Crippen LogP contribution in [0.25, 0.3) is 0 Å². The fourth-order valence-corrected chi connectivity index (χ4v) is 2.49. The van der Waals surface area contributed by atoms with E-state index in [1.54, 1.807) is 7.11 Å². The SMILES string of the molecule is COc1ccc(C(C)(N)CCCS(C)(=O)=O)cc1. The van der Waals surface area contributed by atoms with Crippen LogP contribution in [-0.2, 0) is 15.4 Å². The summed E-state index contributed by atoms with van der Waals surface area (Å²) in [4.78, 5) is 0. The summed E-state index contributed by atoms with van der Waals surface area (Å²) in [5.41, 5.74) is 6.69. The number of hydrogen-bond donors (Lipinski definition) is 1. The highest BCUT2D eigenvalue weighted by Crippen LogP contribution is 2.25. The van der Waals surface area contributed by atoms with Crippen LogP contribution in [0.4, 0.5) is 0 Å². The van der Waals surface area contributed by atoms with Gasteiger partial charge in [0, 0.05) is 17.5 Å². The van der Waals surface area contributed by atoms with Crippen molar-refractivity contribution in [3.8, 4) is 5.75 Å². The van der Waals surface area contributed by atoms with Gasteiger partial charge in [0.05, 0.1) is 7.11 Å². The highest BCUT2D eigenvalue weighted by Gasteiger charge is 2.21. The van der Waals surface area contributed by atoms with E-state index < -0.39 is 15.4 Å². The van der Waals surface area contributed by atoms with Gasteiger partial charge in [0.2, 0.25) is 0 Å². The lowest BCUT2D eigenvalue weighted by Gasteiger charge is -2.25. The summed E-state index contributed by atoms with van der Waals surface area (Å²) < 4.78 is 27.2. The predicted octanol–water partition coefficient (Wildman–Crippen LogP) is 1.69. The molecule has 0 aliphatic carbocycles. The maximum absolute atomic E-state index is 11.1. The van der Waals surface area contributed by atoms with Gasteiger partial charge in [-0.1, -0.05) is 12.1 Å². The van der Waals surface area contributed by atoms with E-state index in [0.29, 0.717) is 12.8 Å². The number of hydrogen-bond acceptors (Lipinski definition) is 4. The third-order valence-electron chi connectivity index (χ3n) is 2.96. The fraction of sp³-hybridized carbons (Fsp3) is 0.538. The average Bonchev–Trinajstić information content (AvgIpc) is 2.27. The van der Waals surface area contributed by atoms with Gasteiger partial charge in [-0.05, 0) is 37.5 Å². The van der Waals surface area contributed by atoms with Crippen LogP contribution in [0.3, 0.4) is 0 Å². The third-order valence-corrected chi connectivity index (χ3v) is 3.99. The van der Waals surface area contributed by atoms with Gasteiger partial charge in [-0.2, -0.15) is 0 Å². The maximum Gasteiger partial charge on any atom is 0.147 e. The minimum absolute atomic E-state index is 0.177. The maximum atomic E-state index is 11.1. The van der Waals surface area contributed by atoms with Crippen LogP contribution in [0.5, 0.6) is 5.75 Å². The first kappa shape index (κ1) is 15.0. The van der Waals surface area contributed by atoms with Crippen LogP contribution in [0.1, 0.15) is 25.3 Å². The molecule has 0 saturated heterocycles. The Labute approximate surface area is 109 Å². The molecule has 1 rings (SSSR count). The molecule has 1 atom stereocenters. The molecule has 0 amide bonds. The summed E-state index contributed by atoms with van der Waals surface area (Å²) >= 11 is 0. The molecule has 0 radical (unpaired) electrons. The molecule has 0 aliphatic heterocycles. The van der Waals surface area contributed by atoms with Crippen molar-refractivity contribution in [3.05, 3.63) is 29.8 Å². The van der Waals surface area contributed by atoms with Gasteiger partial charge in [-0.15, -0.1) is 0 Å². The summed E-state index contributed by atoms with van der Waals surface area (Å²) in [6.07, 6.45) is 2.44. The van der Waals surface area contributed by atoms with Crippen LogP contribution in [0.15, 0.2) is 24.3 Å². The van der Waals surface area contributed by atoms with Crippen LogP contribution in [0.2, 0.25) is 0 Å². The van der Waals surface area contributed by atoms with E-state index in [4.69, 9.17) is 10.5 Å². The Morgan fingerprint density at radius 2 is 1.83 bits per heavy atom. The minimum atomic E-state index is -2.91. The van der Waals surface area contributed by atoms with Gasteiger partial charge in [0.1, 0.15) is 15.6 Å². The number of methoxy groups -OCH3 is 1. The molecule has 1 aromatic rings. The topological polar surface area (TPSA) is 69.4 Å². The first-order valence-electron chi connectivity index (χ1n) is 5.86. The molecule has 0 bridgehead atoms. The van der Waals surface area contributed by atoms with Crippen LogP contribution < -0.4 is 10.5 Å². The number of ether oxygens (including phenoxy) is 1. The largest absolute Gasteiger partial charge is 0.497 e. The Balaban J connectivity index is 2.67. The molecule has 0 saturated carbocycles. The first-order chi connectivity index (χ1) is 8.24. The number of rotatable bonds is 6. The van der Waals surface area contributed by atoms with Gasteiger partial charge in [-0.3, -0.25) is 0 Å². The molecule has 2 N–H and O–H groups in total. The summed E-state index contributed by atoms with van der Waals surface area (Å²) in [5, 5.41) is 0. The Morgan fingerprint density at radius 3 is 2.28 bits per heavy atom. The molecule has 0 heterocycles. The smallest absolute Gasteiger partial charge is 0.147 e. The first-order valence-corrected chi connectivity index (χ1v) is 7.92. The average molecular weight is 271 g/mol. The molecule has 1 aromatic carbocycles. The molecular formula is C13H21NO3S. The Hall–Kier alpha value is -1.07. The highest BCUT2D eigenvalue weighted by molar-refractivity contribution is 7.90. The molecule has 18 heavy (non-hydrogen) atoms. The summed E-state index contributed by atoms with van der Waals surface area (Å²) in [5.74, 6) is 0.960. The predicted molar refractivity (Wildman–Crippen MR) is 73.5 cm³/mol. The zero-order chi connectivity index (χ0) is 13.8. The van der Waals surface area contributed by atoms with Gasteiger partial charge in [0.25, 0.3) is 0 Å². The quantitative estimate of drug-likeness (QED) is 0.855. The van der Waals surface area contributed by atoms with Gasteiger partial charge in [0.15, 0.2) is 0 Å². The second-order valence-electron chi connectivity index (χ2n) is 4.88. The summed E-state index contributed by atoms with van der Waals surface area (Å²) in [7, 11) is -1.30. The fourth-order valence-electron chi connectivity index (χ4n) is 1.82.